The lowest BCUT2D eigenvalue weighted by molar-refractivity contribution is 0.607. The third-order valence-corrected chi connectivity index (χ3v) is 3.22. The summed E-state index contributed by atoms with van der Waals surface area (Å²) in [6, 6.07) is 15.1. The molecular weight excluding hydrogens is 260 g/mol. The Morgan fingerprint density at radius 1 is 0.895 bits per heavy atom. The highest BCUT2D eigenvalue weighted by Crippen LogP contribution is 2.21. The fraction of sp³-hybridized carbons (Fsp3) is 0.143. The molecule has 2 rings (SSSR count). The van der Waals surface area contributed by atoms with Gasteiger partial charge in [-0.15, -0.1) is 0 Å². The summed E-state index contributed by atoms with van der Waals surface area (Å²) in [5, 5.41) is 3.29. The van der Waals surface area contributed by atoms with Crippen molar-refractivity contribution in [3.8, 4) is 0 Å². The molecule has 0 amide bonds. The van der Waals surface area contributed by atoms with Crippen LogP contribution in [0.3, 0.4) is 0 Å². The summed E-state index contributed by atoms with van der Waals surface area (Å²) in [5.41, 5.74) is 3.65. The Balaban J connectivity index is 2.13. The van der Waals surface area contributed by atoms with E-state index in [1.54, 1.807) is 12.1 Å². The fourth-order valence-electron chi connectivity index (χ4n) is 1.70. The van der Waals surface area contributed by atoms with E-state index in [2.05, 4.69) is 10.0 Å². The van der Waals surface area contributed by atoms with E-state index < -0.39 is 10.0 Å². The highest BCUT2D eigenvalue weighted by molar-refractivity contribution is 7.92. The largest absolute Gasteiger partial charge is 0.355 e. The van der Waals surface area contributed by atoms with Crippen molar-refractivity contribution in [2.75, 3.05) is 16.3 Å². The SMILES string of the molecule is Cc1ccccc1Nc1ccc(NS(C)(=O)=O)cc1. The van der Waals surface area contributed by atoms with E-state index in [0.717, 1.165) is 23.2 Å². The van der Waals surface area contributed by atoms with Gasteiger partial charge in [-0.3, -0.25) is 4.72 Å². The minimum absolute atomic E-state index is 0.554. The van der Waals surface area contributed by atoms with E-state index in [4.69, 9.17) is 0 Å². The zero-order valence-electron chi connectivity index (χ0n) is 10.8. The van der Waals surface area contributed by atoms with Crippen molar-refractivity contribution >= 4 is 27.1 Å². The van der Waals surface area contributed by atoms with Crippen LogP contribution in [0, 0.1) is 6.92 Å². The molecule has 0 unspecified atom stereocenters. The Hall–Kier alpha value is -2.01. The molecular formula is C14H16N2O2S. The first-order chi connectivity index (χ1) is 8.94. The molecule has 2 N–H and O–H groups in total. The van der Waals surface area contributed by atoms with Crippen LogP contribution in [0.15, 0.2) is 48.5 Å². The van der Waals surface area contributed by atoms with Crippen LogP contribution in [-0.4, -0.2) is 14.7 Å². The maximum absolute atomic E-state index is 11.1. The van der Waals surface area contributed by atoms with E-state index in [1.165, 1.54) is 0 Å². The Bertz CT molecular complexity index is 664. The normalized spacial score (nSPS) is 11.1. The van der Waals surface area contributed by atoms with Gasteiger partial charge in [-0.2, -0.15) is 0 Å². The summed E-state index contributed by atoms with van der Waals surface area (Å²) >= 11 is 0. The van der Waals surface area contributed by atoms with Gasteiger partial charge in [-0.1, -0.05) is 18.2 Å². The predicted octanol–water partition coefficient (Wildman–Crippen LogP) is 3.11. The minimum Gasteiger partial charge on any atom is -0.355 e. The summed E-state index contributed by atoms with van der Waals surface area (Å²) in [6.45, 7) is 2.03. The highest BCUT2D eigenvalue weighted by Gasteiger charge is 2.02. The maximum atomic E-state index is 11.1. The molecule has 0 aliphatic heterocycles. The summed E-state index contributed by atoms with van der Waals surface area (Å²) in [4.78, 5) is 0. The molecule has 0 bridgehead atoms. The van der Waals surface area contributed by atoms with E-state index >= 15 is 0 Å². The number of para-hydroxylation sites is 1. The van der Waals surface area contributed by atoms with Crippen molar-refractivity contribution in [1.82, 2.24) is 0 Å². The summed E-state index contributed by atoms with van der Waals surface area (Å²) in [7, 11) is -3.23. The smallest absolute Gasteiger partial charge is 0.229 e. The number of aryl methyl sites for hydroxylation is 1. The second kappa shape index (κ2) is 5.32. The Kier molecular flexibility index (Phi) is 3.76. The minimum atomic E-state index is -3.23. The van der Waals surface area contributed by atoms with Crippen molar-refractivity contribution in [2.45, 2.75) is 6.92 Å². The molecule has 0 fully saturated rings. The van der Waals surface area contributed by atoms with Crippen molar-refractivity contribution in [3.05, 3.63) is 54.1 Å². The van der Waals surface area contributed by atoms with Crippen LogP contribution >= 0.6 is 0 Å². The molecule has 4 nitrogen and oxygen atoms in total. The zero-order chi connectivity index (χ0) is 13.9. The zero-order valence-corrected chi connectivity index (χ0v) is 11.7. The monoisotopic (exact) mass is 276 g/mol. The quantitative estimate of drug-likeness (QED) is 0.902. The summed E-state index contributed by atoms with van der Waals surface area (Å²) in [5.74, 6) is 0. The van der Waals surface area contributed by atoms with E-state index in [9.17, 15) is 8.42 Å². The van der Waals surface area contributed by atoms with Crippen molar-refractivity contribution in [3.63, 3.8) is 0 Å². The molecule has 5 heteroatoms. The van der Waals surface area contributed by atoms with Crippen LogP contribution in [0.1, 0.15) is 5.56 Å². The first kappa shape index (κ1) is 13.4. The van der Waals surface area contributed by atoms with Crippen LogP contribution in [0.5, 0.6) is 0 Å². The molecule has 2 aromatic rings. The van der Waals surface area contributed by atoms with E-state index in [-0.39, 0.29) is 0 Å². The van der Waals surface area contributed by atoms with Gasteiger partial charge in [0.2, 0.25) is 10.0 Å². The average molecular weight is 276 g/mol. The van der Waals surface area contributed by atoms with E-state index in [0.29, 0.717) is 5.69 Å². The van der Waals surface area contributed by atoms with Gasteiger partial charge in [-0.25, -0.2) is 8.42 Å². The van der Waals surface area contributed by atoms with Gasteiger partial charge < -0.3 is 5.32 Å². The van der Waals surface area contributed by atoms with Crippen molar-refractivity contribution < 1.29 is 8.42 Å². The molecule has 0 saturated carbocycles. The standard InChI is InChI=1S/C14H16N2O2S/c1-11-5-3-4-6-14(11)15-12-7-9-13(10-8-12)16-19(2,17)18/h3-10,15-16H,1-2H3. The van der Waals surface area contributed by atoms with Crippen LogP contribution in [-0.2, 0) is 10.0 Å². The highest BCUT2D eigenvalue weighted by atomic mass is 32.2. The van der Waals surface area contributed by atoms with Gasteiger partial charge >= 0.3 is 0 Å². The summed E-state index contributed by atoms with van der Waals surface area (Å²) < 4.78 is 24.6. The van der Waals surface area contributed by atoms with Crippen LogP contribution in [0.4, 0.5) is 17.1 Å². The number of rotatable bonds is 4. The number of nitrogens with one attached hydrogen (secondary N) is 2. The lowest BCUT2D eigenvalue weighted by atomic mass is 10.2. The molecule has 0 aromatic heterocycles. The topological polar surface area (TPSA) is 58.2 Å². The first-order valence-corrected chi connectivity index (χ1v) is 7.74. The molecule has 0 heterocycles. The molecule has 0 saturated heterocycles. The molecule has 19 heavy (non-hydrogen) atoms. The molecule has 0 spiro atoms. The molecule has 0 aliphatic carbocycles. The number of hydrogen-bond donors (Lipinski definition) is 2. The van der Waals surface area contributed by atoms with Gasteiger partial charge in [-0.05, 0) is 42.8 Å². The lowest BCUT2D eigenvalue weighted by Crippen LogP contribution is -2.09. The Morgan fingerprint density at radius 3 is 2.05 bits per heavy atom. The first-order valence-electron chi connectivity index (χ1n) is 5.84. The number of sulfonamides is 1. The van der Waals surface area contributed by atoms with Gasteiger partial charge in [0.25, 0.3) is 0 Å². The molecule has 0 aliphatic rings. The van der Waals surface area contributed by atoms with Gasteiger partial charge in [0, 0.05) is 17.1 Å². The number of benzene rings is 2. The fourth-order valence-corrected chi connectivity index (χ4v) is 2.27. The second-order valence-corrected chi connectivity index (χ2v) is 6.14. The van der Waals surface area contributed by atoms with Crippen LogP contribution < -0.4 is 10.0 Å². The third kappa shape index (κ3) is 3.99. The Labute approximate surface area is 113 Å². The Morgan fingerprint density at radius 2 is 1.47 bits per heavy atom. The van der Waals surface area contributed by atoms with E-state index in [1.807, 2.05) is 43.3 Å². The van der Waals surface area contributed by atoms with Gasteiger partial charge in [0.05, 0.1) is 6.26 Å². The van der Waals surface area contributed by atoms with Crippen LogP contribution in [0.25, 0.3) is 0 Å². The maximum Gasteiger partial charge on any atom is 0.229 e. The van der Waals surface area contributed by atoms with Crippen molar-refractivity contribution in [2.24, 2.45) is 0 Å². The average Bonchev–Trinajstić information content (AvgIpc) is 2.33. The van der Waals surface area contributed by atoms with Crippen molar-refractivity contribution in [1.29, 1.82) is 0 Å². The predicted molar refractivity (Wildman–Crippen MR) is 79.4 cm³/mol. The molecule has 0 radical (unpaired) electrons. The molecule has 0 atom stereocenters. The lowest BCUT2D eigenvalue weighted by Gasteiger charge is -2.10. The number of anilines is 3. The third-order valence-electron chi connectivity index (χ3n) is 2.61. The number of hydrogen-bond acceptors (Lipinski definition) is 3. The van der Waals surface area contributed by atoms with Gasteiger partial charge in [0.1, 0.15) is 0 Å². The molecule has 2 aromatic carbocycles. The van der Waals surface area contributed by atoms with Crippen LogP contribution in [0.2, 0.25) is 0 Å². The second-order valence-electron chi connectivity index (χ2n) is 4.39. The van der Waals surface area contributed by atoms with Gasteiger partial charge in [0.15, 0.2) is 0 Å². The summed E-state index contributed by atoms with van der Waals surface area (Å²) in [6.07, 6.45) is 1.13. The molecule has 100 valence electrons.